The van der Waals surface area contributed by atoms with Crippen molar-refractivity contribution >= 4 is 54.1 Å². The summed E-state index contributed by atoms with van der Waals surface area (Å²) >= 11 is 1.96. The zero-order valence-electron chi connectivity index (χ0n) is 24.3. The molecule has 1 aliphatic rings. The van der Waals surface area contributed by atoms with Crippen LogP contribution in [0.15, 0.2) is 115 Å². The van der Waals surface area contributed by atoms with Gasteiger partial charge in [-0.05, 0) is 29.2 Å². The minimum Gasteiger partial charge on any atom is -0.276 e. The minimum atomic E-state index is -0.0429. The minimum absolute atomic E-state index is 0.0429. The number of rotatable bonds is 3. The van der Waals surface area contributed by atoms with Crippen LogP contribution in [-0.4, -0.2) is 14.5 Å². The molecule has 0 N–H and O–H groups in total. The van der Waals surface area contributed by atoms with Crippen LogP contribution in [0, 0.1) is 5.92 Å². The van der Waals surface area contributed by atoms with E-state index in [1.807, 2.05) is 11.3 Å². The highest BCUT2D eigenvalue weighted by molar-refractivity contribution is 7.21. The van der Waals surface area contributed by atoms with Crippen LogP contribution < -0.4 is 0 Å². The van der Waals surface area contributed by atoms with Crippen molar-refractivity contribution in [3.8, 4) is 28.3 Å². The van der Waals surface area contributed by atoms with E-state index in [-0.39, 0.29) is 5.41 Å². The van der Waals surface area contributed by atoms with E-state index in [1.54, 1.807) is 0 Å². The van der Waals surface area contributed by atoms with Gasteiger partial charge >= 0.3 is 0 Å². The van der Waals surface area contributed by atoms with Gasteiger partial charge in [0.15, 0.2) is 0 Å². The van der Waals surface area contributed by atoms with Crippen LogP contribution in [0.3, 0.4) is 0 Å². The van der Waals surface area contributed by atoms with Crippen LogP contribution >= 0.6 is 11.3 Å². The third-order valence-electron chi connectivity index (χ3n) is 9.71. The van der Waals surface area contributed by atoms with Crippen molar-refractivity contribution < 1.29 is 0 Å². The zero-order chi connectivity index (χ0) is 28.9. The maximum absolute atomic E-state index is 5.33. The van der Waals surface area contributed by atoms with E-state index >= 15 is 0 Å². The van der Waals surface area contributed by atoms with Gasteiger partial charge in [-0.3, -0.25) is 4.57 Å². The Bertz CT molecular complexity index is 2400. The van der Waals surface area contributed by atoms with Crippen LogP contribution in [0.1, 0.15) is 31.2 Å². The number of hydrogen-bond acceptors (Lipinski definition) is 3. The van der Waals surface area contributed by atoms with Gasteiger partial charge in [0, 0.05) is 43.0 Å². The monoisotopic (exact) mass is 571 g/mol. The summed E-state index contributed by atoms with van der Waals surface area (Å²) < 4.78 is 3.62. The Morgan fingerprint density at radius 3 is 2.21 bits per heavy atom. The van der Waals surface area contributed by atoms with Gasteiger partial charge in [-0.2, -0.15) is 0 Å². The molecule has 0 amide bonds. The lowest BCUT2D eigenvalue weighted by atomic mass is 9.75. The Hall–Kier alpha value is -4.80. The van der Waals surface area contributed by atoms with E-state index in [1.165, 1.54) is 47.9 Å². The van der Waals surface area contributed by atoms with Crippen molar-refractivity contribution in [3.63, 3.8) is 0 Å². The van der Waals surface area contributed by atoms with Gasteiger partial charge in [0.2, 0.25) is 5.95 Å². The van der Waals surface area contributed by atoms with Crippen molar-refractivity contribution in [2.75, 3.05) is 0 Å². The Balaban J connectivity index is 1.44. The number of aromatic nitrogens is 3. The van der Waals surface area contributed by atoms with E-state index in [4.69, 9.17) is 9.97 Å². The Kier molecular flexibility index (Phi) is 5.10. The molecule has 1 unspecified atom stereocenters. The fraction of sp³-hybridized carbons (Fsp3) is 0.128. The molecule has 0 bridgehead atoms. The van der Waals surface area contributed by atoms with Gasteiger partial charge in [0.1, 0.15) is 0 Å². The highest BCUT2D eigenvalue weighted by atomic mass is 32.1. The number of benzene rings is 5. The lowest BCUT2D eigenvalue weighted by molar-refractivity contribution is 0.421. The first kappa shape index (κ1) is 24.8. The SMILES string of the molecule is CC(C)C1(C)c2ccccc2-c2c1sc1c2ccc2c3ccccc3n(-c3nc(-c4ccccc4)c4ccccc4n3)c21. The van der Waals surface area contributed by atoms with Crippen molar-refractivity contribution in [2.45, 2.75) is 26.2 Å². The topological polar surface area (TPSA) is 30.7 Å². The van der Waals surface area contributed by atoms with Gasteiger partial charge in [0.05, 0.1) is 26.9 Å². The molecule has 0 saturated carbocycles. The smallest absolute Gasteiger partial charge is 0.235 e. The fourth-order valence-corrected chi connectivity index (χ4v) is 8.94. The summed E-state index contributed by atoms with van der Waals surface area (Å²) in [5.41, 5.74) is 9.47. The molecular formula is C39H29N3S. The number of nitrogens with zero attached hydrogens (tertiary/aromatic N) is 3. The molecule has 1 aliphatic carbocycles. The molecular weight excluding hydrogens is 543 g/mol. The Morgan fingerprint density at radius 2 is 1.37 bits per heavy atom. The molecule has 8 aromatic rings. The number of fused-ring (bicyclic) bond motifs is 10. The maximum Gasteiger partial charge on any atom is 0.235 e. The van der Waals surface area contributed by atoms with Crippen molar-refractivity contribution in [3.05, 3.63) is 126 Å². The number of thiophene rings is 1. The summed E-state index contributed by atoms with van der Waals surface area (Å²) in [5, 5.41) is 4.83. The van der Waals surface area contributed by atoms with Crippen molar-refractivity contribution in [1.29, 1.82) is 0 Å². The maximum atomic E-state index is 5.33. The third kappa shape index (κ3) is 3.24. The first-order chi connectivity index (χ1) is 21.1. The quantitative estimate of drug-likeness (QED) is 0.211. The van der Waals surface area contributed by atoms with E-state index in [2.05, 4.69) is 141 Å². The summed E-state index contributed by atoms with van der Waals surface area (Å²) in [6.07, 6.45) is 0. The zero-order valence-corrected chi connectivity index (χ0v) is 25.1. The van der Waals surface area contributed by atoms with Gasteiger partial charge < -0.3 is 0 Å². The second-order valence-electron chi connectivity index (χ2n) is 12.2. The molecule has 0 aliphatic heterocycles. The second-order valence-corrected chi connectivity index (χ2v) is 13.2. The highest BCUT2D eigenvalue weighted by Crippen LogP contribution is 2.59. The van der Waals surface area contributed by atoms with Gasteiger partial charge in [-0.15, -0.1) is 11.3 Å². The molecule has 0 fully saturated rings. The molecule has 0 saturated heterocycles. The summed E-state index contributed by atoms with van der Waals surface area (Å²) in [5.74, 6) is 1.17. The molecule has 3 aromatic heterocycles. The first-order valence-electron chi connectivity index (χ1n) is 15.0. The van der Waals surface area contributed by atoms with Crippen LogP contribution in [0.5, 0.6) is 0 Å². The Labute approximate surface area is 254 Å². The molecule has 5 aromatic carbocycles. The average Bonchev–Trinajstić information content (AvgIpc) is 3.68. The number of hydrogen-bond donors (Lipinski definition) is 0. The normalized spacial score (nSPS) is 16.1. The van der Waals surface area contributed by atoms with Crippen LogP contribution in [0.2, 0.25) is 0 Å². The molecule has 3 heterocycles. The van der Waals surface area contributed by atoms with Crippen LogP contribution in [0.25, 0.3) is 71.1 Å². The summed E-state index contributed by atoms with van der Waals surface area (Å²) in [6, 6.07) is 41.2. The van der Waals surface area contributed by atoms with E-state index < -0.39 is 0 Å². The Morgan fingerprint density at radius 1 is 0.674 bits per heavy atom. The van der Waals surface area contributed by atoms with Gasteiger partial charge in [-0.25, -0.2) is 9.97 Å². The van der Waals surface area contributed by atoms with E-state index in [0.29, 0.717) is 11.9 Å². The lowest BCUT2D eigenvalue weighted by Crippen LogP contribution is -2.26. The van der Waals surface area contributed by atoms with E-state index in [9.17, 15) is 0 Å². The highest BCUT2D eigenvalue weighted by Gasteiger charge is 2.44. The predicted molar refractivity (Wildman–Crippen MR) is 181 cm³/mol. The average molecular weight is 572 g/mol. The molecule has 0 radical (unpaired) electrons. The summed E-state index contributed by atoms with van der Waals surface area (Å²) in [7, 11) is 0. The van der Waals surface area contributed by atoms with Crippen LogP contribution in [0.4, 0.5) is 0 Å². The fourth-order valence-electron chi connectivity index (χ4n) is 7.27. The van der Waals surface area contributed by atoms with Crippen molar-refractivity contribution in [2.24, 2.45) is 5.92 Å². The summed E-state index contributed by atoms with van der Waals surface area (Å²) in [6.45, 7) is 7.15. The second kappa shape index (κ2) is 8.85. The van der Waals surface area contributed by atoms with Gasteiger partial charge in [0.25, 0.3) is 0 Å². The van der Waals surface area contributed by atoms with E-state index in [0.717, 1.165) is 27.7 Å². The molecule has 43 heavy (non-hydrogen) atoms. The van der Waals surface area contributed by atoms with Crippen LogP contribution in [-0.2, 0) is 5.41 Å². The largest absolute Gasteiger partial charge is 0.276 e. The standard InChI is InChI=1S/C39H29N3S/c1-23(2)39(3)30-18-10-7-16-27(30)33-29-22-21-26-25-15-9-12-20-32(25)42(35(26)36(29)43-37(33)39)38-40-31-19-11-8-17-28(31)34(41-38)24-13-5-4-6-14-24/h4-23H,1-3H3. The molecule has 206 valence electrons. The third-order valence-corrected chi connectivity index (χ3v) is 11.2. The summed E-state index contributed by atoms with van der Waals surface area (Å²) in [4.78, 5) is 12.0. The molecule has 4 heteroatoms. The predicted octanol–water partition coefficient (Wildman–Crippen LogP) is 10.6. The lowest BCUT2D eigenvalue weighted by Gasteiger charge is -2.30. The van der Waals surface area contributed by atoms with Crippen molar-refractivity contribution in [1.82, 2.24) is 14.5 Å². The first-order valence-corrected chi connectivity index (χ1v) is 15.8. The molecule has 3 nitrogen and oxygen atoms in total. The van der Waals surface area contributed by atoms with Gasteiger partial charge in [-0.1, -0.05) is 124 Å². The molecule has 0 spiro atoms. The number of para-hydroxylation sites is 2. The molecule has 1 atom stereocenters. The molecule has 9 rings (SSSR count).